The molecule has 0 bridgehead atoms. The second-order valence-corrected chi connectivity index (χ2v) is 4.08. The predicted octanol–water partition coefficient (Wildman–Crippen LogP) is 2.68. The second-order valence-electron chi connectivity index (χ2n) is 4.08. The van der Waals surface area contributed by atoms with Gasteiger partial charge in [0.25, 0.3) is 0 Å². The molecule has 0 aromatic heterocycles. The highest BCUT2D eigenvalue weighted by Gasteiger charge is 2.21. The van der Waals surface area contributed by atoms with E-state index in [4.69, 9.17) is 9.94 Å². The maximum absolute atomic E-state index is 8.43. The van der Waals surface area contributed by atoms with Crippen molar-refractivity contribution >= 4 is 12.3 Å². The molecule has 0 aliphatic carbocycles. The molecule has 0 saturated heterocycles. The van der Waals surface area contributed by atoms with Gasteiger partial charge in [-0.15, -0.1) is 0 Å². The Kier molecular flexibility index (Phi) is 2.23. The molecule has 0 saturated carbocycles. The summed E-state index contributed by atoms with van der Waals surface area (Å²) in [5.41, 5.74) is 1.61. The molecule has 1 N–H and O–H groups in total. The fourth-order valence-electron chi connectivity index (χ4n) is 1.54. The minimum Gasteiger partial charge on any atom is -0.483 e. The number of hydrogen-bond donors (Lipinski definition) is 1. The van der Waals surface area contributed by atoms with E-state index in [1.165, 1.54) is 6.21 Å². The topological polar surface area (TPSA) is 41.8 Å². The van der Waals surface area contributed by atoms with Gasteiger partial charge in [-0.25, -0.2) is 0 Å². The molecule has 0 unspecified atom stereocenters. The Balaban J connectivity index is 2.40. The molecule has 2 rings (SSSR count). The molecular weight excluding hydrogens is 190 g/mol. The fourth-order valence-corrected chi connectivity index (χ4v) is 1.54. The Morgan fingerprint density at radius 1 is 1.40 bits per heavy atom. The third-order valence-corrected chi connectivity index (χ3v) is 2.28. The minimum absolute atomic E-state index is 0.250. The molecule has 1 heterocycles. The maximum Gasteiger partial charge on any atom is 0.127 e. The van der Waals surface area contributed by atoms with E-state index < -0.39 is 0 Å². The highest BCUT2D eigenvalue weighted by atomic mass is 16.5. The first-order valence-electron chi connectivity index (χ1n) is 4.80. The predicted molar refractivity (Wildman–Crippen MR) is 59.6 cm³/mol. The van der Waals surface area contributed by atoms with E-state index in [1.807, 2.05) is 44.2 Å². The zero-order chi connectivity index (χ0) is 10.9. The highest BCUT2D eigenvalue weighted by molar-refractivity contribution is 5.81. The van der Waals surface area contributed by atoms with Crippen LogP contribution in [0.2, 0.25) is 0 Å². The summed E-state index contributed by atoms with van der Waals surface area (Å²) < 4.78 is 5.76. The molecule has 1 aliphatic rings. The third kappa shape index (κ3) is 2.01. The molecule has 0 spiro atoms. The van der Waals surface area contributed by atoms with Crippen molar-refractivity contribution in [1.29, 1.82) is 0 Å². The summed E-state index contributed by atoms with van der Waals surface area (Å²) in [6.07, 6.45) is 5.43. The summed E-state index contributed by atoms with van der Waals surface area (Å²) >= 11 is 0. The minimum atomic E-state index is -0.250. The van der Waals surface area contributed by atoms with E-state index in [2.05, 4.69) is 5.16 Å². The van der Waals surface area contributed by atoms with E-state index in [-0.39, 0.29) is 5.60 Å². The lowest BCUT2D eigenvalue weighted by molar-refractivity contribution is 0.159. The highest BCUT2D eigenvalue weighted by Crippen LogP contribution is 2.30. The lowest BCUT2D eigenvalue weighted by atomic mass is 10.0. The van der Waals surface area contributed by atoms with Gasteiger partial charge < -0.3 is 9.94 Å². The van der Waals surface area contributed by atoms with Crippen molar-refractivity contribution in [3.63, 3.8) is 0 Å². The quantitative estimate of drug-likeness (QED) is 0.433. The van der Waals surface area contributed by atoms with Crippen LogP contribution < -0.4 is 4.74 Å². The lowest BCUT2D eigenvalue weighted by Gasteiger charge is -2.27. The standard InChI is InChI=1S/C12H13NO2/c1-12(2)6-5-10-7-9(8-13-14)3-4-11(10)15-12/h3-8,14H,1-2H3/b13-8+. The van der Waals surface area contributed by atoms with Gasteiger partial charge in [0.2, 0.25) is 0 Å². The van der Waals surface area contributed by atoms with E-state index >= 15 is 0 Å². The van der Waals surface area contributed by atoms with Crippen molar-refractivity contribution in [3.8, 4) is 5.75 Å². The molecule has 3 nitrogen and oxygen atoms in total. The van der Waals surface area contributed by atoms with Gasteiger partial charge in [0.05, 0.1) is 6.21 Å². The van der Waals surface area contributed by atoms with Gasteiger partial charge in [-0.3, -0.25) is 0 Å². The molecule has 0 atom stereocenters. The summed E-state index contributed by atoms with van der Waals surface area (Å²) in [5.74, 6) is 0.859. The van der Waals surface area contributed by atoms with Crippen molar-refractivity contribution in [3.05, 3.63) is 35.4 Å². The number of oxime groups is 1. The molecule has 15 heavy (non-hydrogen) atoms. The Morgan fingerprint density at radius 3 is 2.93 bits per heavy atom. The van der Waals surface area contributed by atoms with Crippen molar-refractivity contribution in [2.45, 2.75) is 19.4 Å². The maximum atomic E-state index is 8.43. The number of benzene rings is 1. The van der Waals surface area contributed by atoms with Gasteiger partial charge in [-0.05, 0) is 43.7 Å². The van der Waals surface area contributed by atoms with Crippen LogP contribution in [0.1, 0.15) is 25.0 Å². The molecule has 0 fully saturated rings. The van der Waals surface area contributed by atoms with Gasteiger partial charge in [0.1, 0.15) is 11.4 Å². The summed E-state index contributed by atoms with van der Waals surface area (Å²) in [6, 6.07) is 5.66. The van der Waals surface area contributed by atoms with Gasteiger partial charge in [0, 0.05) is 5.56 Å². The van der Waals surface area contributed by atoms with Gasteiger partial charge in [-0.2, -0.15) is 0 Å². The average Bonchev–Trinajstić information content (AvgIpc) is 2.18. The van der Waals surface area contributed by atoms with Crippen molar-refractivity contribution in [2.75, 3.05) is 0 Å². The summed E-state index contributed by atoms with van der Waals surface area (Å²) in [4.78, 5) is 0. The van der Waals surface area contributed by atoms with Crippen LogP contribution in [0.25, 0.3) is 6.08 Å². The molecule has 0 amide bonds. The van der Waals surface area contributed by atoms with Gasteiger partial charge in [-0.1, -0.05) is 11.2 Å². The Bertz CT molecular complexity index is 433. The lowest BCUT2D eigenvalue weighted by Crippen LogP contribution is -2.27. The van der Waals surface area contributed by atoms with Crippen LogP contribution in [0.15, 0.2) is 29.4 Å². The fraction of sp³-hybridized carbons (Fsp3) is 0.250. The average molecular weight is 203 g/mol. The van der Waals surface area contributed by atoms with Crippen LogP contribution in [-0.2, 0) is 0 Å². The molecule has 78 valence electrons. The smallest absolute Gasteiger partial charge is 0.127 e. The summed E-state index contributed by atoms with van der Waals surface area (Å²) in [6.45, 7) is 4.02. The molecule has 0 radical (unpaired) electrons. The zero-order valence-corrected chi connectivity index (χ0v) is 8.77. The Labute approximate surface area is 88.7 Å². The van der Waals surface area contributed by atoms with Gasteiger partial charge in [0.15, 0.2) is 0 Å². The first-order valence-corrected chi connectivity index (χ1v) is 4.80. The molecule has 1 aliphatic heterocycles. The van der Waals surface area contributed by atoms with Crippen LogP contribution in [0.3, 0.4) is 0 Å². The third-order valence-electron chi connectivity index (χ3n) is 2.28. The largest absolute Gasteiger partial charge is 0.483 e. The van der Waals surface area contributed by atoms with Crippen LogP contribution in [0.5, 0.6) is 5.75 Å². The summed E-state index contributed by atoms with van der Waals surface area (Å²) in [7, 11) is 0. The summed E-state index contributed by atoms with van der Waals surface area (Å²) in [5, 5.41) is 11.4. The van der Waals surface area contributed by atoms with Crippen LogP contribution >= 0.6 is 0 Å². The van der Waals surface area contributed by atoms with Crippen LogP contribution in [-0.4, -0.2) is 17.0 Å². The zero-order valence-electron chi connectivity index (χ0n) is 8.77. The number of hydrogen-bond acceptors (Lipinski definition) is 3. The SMILES string of the molecule is CC1(C)C=Cc2cc(/C=N/O)ccc2O1. The number of nitrogens with zero attached hydrogens (tertiary/aromatic N) is 1. The van der Waals surface area contributed by atoms with Crippen molar-refractivity contribution < 1.29 is 9.94 Å². The Hall–Kier alpha value is -1.77. The number of ether oxygens (including phenoxy) is 1. The van der Waals surface area contributed by atoms with Crippen molar-refractivity contribution in [2.24, 2.45) is 5.16 Å². The normalized spacial score (nSPS) is 17.5. The van der Waals surface area contributed by atoms with Crippen LogP contribution in [0, 0.1) is 0 Å². The molecular formula is C12H13NO2. The van der Waals surface area contributed by atoms with E-state index in [0.717, 1.165) is 16.9 Å². The van der Waals surface area contributed by atoms with E-state index in [9.17, 15) is 0 Å². The second kappa shape index (κ2) is 3.42. The molecule has 1 aromatic carbocycles. The Morgan fingerprint density at radius 2 is 2.20 bits per heavy atom. The molecule has 3 heteroatoms. The van der Waals surface area contributed by atoms with Crippen molar-refractivity contribution in [1.82, 2.24) is 0 Å². The van der Waals surface area contributed by atoms with E-state index in [0.29, 0.717) is 0 Å². The van der Waals surface area contributed by atoms with E-state index in [1.54, 1.807) is 0 Å². The molecule has 1 aromatic rings. The van der Waals surface area contributed by atoms with Gasteiger partial charge >= 0.3 is 0 Å². The first kappa shape index (κ1) is 9.77. The van der Waals surface area contributed by atoms with Crippen LogP contribution in [0.4, 0.5) is 0 Å². The number of rotatable bonds is 1. The monoisotopic (exact) mass is 203 g/mol. The number of fused-ring (bicyclic) bond motifs is 1. The first-order chi connectivity index (χ1) is 7.11.